The van der Waals surface area contributed by atoms with Crippen molar-refractivity contribution in [3.63, 3.8) is 0 Å². The van der Waals surface area contributed by atoms with Crippen molar-refractivity contribution < 1.29 is 4.79 Å². The van der Waals surface area contributed by atoms with Crippen molar-refractivity contribution in [2.75, 3.05) is 13.1 Å². The molecule has 106 valence electrons. The van der Waals surface area contributed by atoms with Gasteiger partial charge in [0, 0.05) is 43.6 Å². The molecule has 1 atom stereocenters. The van der Waals surface area contributed by atoms with E-state index in [2.05, 4.69) is 22.2 Å². The molecule has 6 nitrogen and oxygen atoms in total. The Hall–Kier alpha value is -2.11. The Kier molecular flexibility index (Phi) is 3.08. The van der Waals surface area contributed by atoms with Gasteiger partial charge < -0.3 is 4.90 Å². The van der Waals surface area contributed by atoms with E-state index in [1.165, 1.54) is 0 Å². The number of nitrogens with one attached hydrogen (secondary N) is 1. The molecule has 1 aliphatic heterocycles. The van der Waals surface area contributed by atoms with E-state index in [-0.39, 0.29) is 11.3 Å². The van der Waals surface area contributed by atoms with Crippen LogP contribution in [-0.4, -0.2) is 43.9 Å². The molecule has 1 unspecified atom stereocenters. The summed E-state index contributed by atoms with van der Waals surface area (Å²) in [6.45, 7) is 3.69. The smallest absolute Gasteiger partial charge is 0.272 e. The van der Waals surface area contributed by atoms with Crippen LogP contribution in [0.5, 0.6) is 0 Å². The molecule has 0 spiro atoms. The third-order valence-corrected chi connectivity index (χ3v) is 4.17. The van der Waals surface area contributed by atoms with Crippen LogP contribution in [0.4, 0.5) is 0 Å². The highest BCUT2D eigenvalue weighted by molar-refractivity contribution is 5.92. The third kappa shape index (κ3) is 2.11. The summed E-state index contributed by atoms with van der Waals surface area (Å²) in [5.41, 5.74) is 1.68. The van der Waals surface area contributed by atoms with Crippen LogP contribution in [0.15, 0.2) is 24.5 Å². The zero-order chi connectivity index (χ0) is 14.2. The van der Waals surface area contributed by atoms with Crippen LogP contribution < -0.4 is 0 Å². The Labute approximate surface area is 117 Å². The minimum absolute atomic E-state index is 0.0513. The van der Waals surface area contributed by atoms with Gasteiger partial charge in [-0.3, -0.25) is 14.6 Å². The number of aromatic amines is 1. The van der Waals surface area contributed by atoms with Gasteiger partial charge in [-0.2, -0.15) is 10.2 Å². The predicted molar refractivity (Wildman–Crippen MR) is 74.3 cm³/mol. The first-order valence-electron chi connectivity index (χ1n) is 6.87. The number of rotatable bonds is 2. The maximum absolute atomic E-state index is 12.6. The largest absolute Gasteiger partial charge is 0.336 e. The van der Waals surface area contributed by atoms with Crippen molar-refractivity contribution in [3.05, 3.63) is 35.9 Å². The van der Waals surface area contributed by atoms with Crippen LogP contribution in [0.1, 0.15) is 35.9 Å². The Morgan fingerprint density at radius 1 is 1.40 bits per heavy atom. The maximum atomic E-state index is 12.6. The Balaban J connectivity index is 1.82. The molecule has 3 rings (SSSR count). The lowest BCUT2D eigenvalue weighted by Gasteiger charge is -2.39. The minimum Gasteiger partial charge on any atom is -0.336 e. The number of hydrogen-bond acceptors (Lipinski definition) is 3. The number of nitrogens with zero attached hydrogens (tertiary/aromatic N) is 4. The average Bonchev–Trinajstić information content (AvgIpc) is 3.09. The summed E-state index contributed by atoms with van der Waals surface area (Å²) in [5.74, 6) is 0.0513. The first-order chi connectivity index (χ1) is 9.60. The summed E-state index contributed by atoms with van der Waals surface area (Å²) < 4.78 is 1.63. The predicted octanol–water partition coefficient (Wildman–Crippen LogP) is 1.34. The van der Waals surface area contributed by atoms with Gasteiger partial charge in [-0.25, -0.2) is 0 Å². The van der Waals surface area contributed by atoms with E-state index in [0.29, 0.717) is 12.2 Å². The highest BCUT2D eigenvalue weighted by atomic mass is 16.2. The summed E-state index contributed by atoms with van der Waals surface area (Å²) in [4.78, 5) is 14.5. The SMILES string of the molecule is Cn1nccc1C(=O)N1CCCC(C)(c2ccn[nH]2)C1. The molecule has 20 heavy (non-hydrogen) atoms. The fourth-order valence-electron chi connectivity index (χ4n) is 2.97. The molecule has 3 heterocycles. The maximum Gasteiger partial charge on any atom is 0.272 e. The van der Waals surface area contributed by atoms with E-state index in [4.69, 9.17) is 0 Å². The lowest BCUT2D eigenvalue weighted by Crippen LogP contribution is -2.47. The monoisotopic (exact) mass is 273 g/mol. The van der Waals surface area contributed by atoms with Gasteiger partial charge >= 0.3 is 0 Å². The summed E-state index contributed by atoms with van der Waals surface area (Å²) in [6.07, 6.45) is 5.48. The molecule has 0 bridgehead atoms. The van der Waals surface area contributed by atoms with Crippen molar-refractivity contribution >= 4 is 5.91 Å². The molecular formula is C14H19N5O. The van der Waals surface area contributed by atoms with Crippen molar-refractivity contribution in [2.24, 2.45) is 7.05 Å². The molecule has 1 aliphatic rings. The number of aromatic nitrogens is 4. The van der Waals surface area contributed by atoms with E-state index in [0.717, 1.165) is 25.1 Å². The second-order valence-corrected chi connectivity index (χ2v) is 5.70. The van der Waals surface area contributed by atoms with Gasteiger partial charge in [0.15, 0.2) is 0 Å². The van der Waals surface area contributed by atoms with Gasteiger partial charge in [-0.15, -0.1) is 0 Å². The summed E-state index contributed by atoms with van der Waals surface area (Å²) in [5, 5.41) is 11.2. The second kappa shape index (κ2) is 4.77. The molecule has 1 amide bonds. The first kappa shape index (κ1) is 12.9. The number of likely N-dealkylation sites (tertiary alicyclic amines) is 1. The second-order valence-electron chi connectivity index (χ2n) is 5.70. The van der Waals surface area contributed by atoms with Gasteiger partial charge in [0.2, 0.25) is 0 Å². The molecule has 0 radical (unpaired) electrons. The van der Waals surface area contributed by atoms with Crippen molar-refractivity contribution in [1.29, 1.82) is 0 Å². The van der Waals surface area contributed by atoms with Crippen LogP contribution in [-0.2, 0) is 12.5 Å². The molecule has 0 aliphatic carbocycles. The zero-order valence-corrected chi connectivity index (χ0v) is 11.8. The lowest BCUT2D eigenvalue weighted by atomic mass is 9.79. The van der Waals surface area contributed by atoms with Crippen molar-refractivity contribution in [3.8, 4) is 0 Å². The molecule has 2 aromatic heterocycles. The third-order valence-electron chi connectivity index (χ3n) is 4.17. The van der Waals surface area contributed by atoms with Crippen molar-refractivity contribution in [2.45, 2.75) is 25.2 Å². The van der Waals surface area contributed by atoms with E-state index < -0.39 is 0 Å². The Morgan fingerprint density at radius 2 is 2.25 bits per heavy atom. The summed E-state index contributed by atoms with van der Waals surface area (Å²) in [7, 11) is 1.80. The van der Waals surface area contributed by atoms with Gasteiger partial charge in [0.25, 0.3) is 5.91 Å². The van der Waals surface area contributed by atoms with Crippen LogP contribution in [0.25, 0.3) is 0 Å². The number of carbonyl (C=O) groups is 1. The zero-order valence-electron chi connectivity index (χ0n) is 11.8. The molecule has 1 fully saturated rings. The van der Waals surface area contributed by atoms with Gasteiger partial charge in [-0.05, 0) is 25.0 Å². The van der Waals surface area contributed by atoms with E-state index in [1.807, 2.05) is 11.0 Å². The molecule has 6 heteroatoms. The van der Waals surface area contributed by atoms with Gasteiger partial charge in [-0.1, -0.05) is 6.92 Å². The quantitative estimate of drug-likeness (QED) is 0.897. The Morgan fingerprint density at radius 3 is 2.90 bits per heavy atom. The topological polar surface area (TPSA) is 66.8 Å². The van der Waals surface area contributed by atoms with E-state index >= 15 is 0 Å². The number of hydrogen-bond donors (Lipinski definition) is 1. The normalized spacial score (nSPS) is 23.0. The fraction of sp³-hybridized carbons (Fsp3) is 0.500. The van der Waals surface area contributed by atoms with Crippen molar-refractivity contribution in [1.82, 2.24) is 24.9 Å². The number of piperidine rings is 1. The number of H-pyrrole nitrogens is 1. The molecule has 2 aromatic rings. The number of aryl methyl sites for hydroxylation is 1. The molecular weight excluding hydrogens is 254 g/mol. The summed E-state index contributed by atoms with van der Waals surface area (Å²) in [6, 6.07) is 3.77. The van der Waals surface area contributed by atoms with Gasteiger partial charge in [0.05, 0.1) is 0 Å². The number of carbonyl (C=O) groups excluding carboxylic acids is 1. The lowest BCUT2D eigenvalue weighted by molar-refractivity contribution is 0.0636. The highest BCUT2D eigenvalue weighted by Gasteiger charge is 2.36. The summed E-state index contributed by atoms with van der Waals surface area (Å²) >= 11 is 0. The number of amides is 1. The van der Waals surface area contributed by atoms with Crippen LogP contribution >= 0.6 is 0 Å². The molecule has 1 saturated heterocycles. The average molecular weight is 273 g/mol. The fourth-order valence-corrected chi connectivity index (χ4v) is 2.97. The minimum atomic E-state index is -0.0526. The standard InChI is InChI=1S/C14H19N5O/c1-14(12-5-7-15-17-12)6-3-9-19(10-14)13(20)11-4-8-16-18(11)2/h4-5,7-8H,3,6,9-10H2,1-2H3,(H,15,17). The molecule has 0 aromatic carbocycles. The van der Waals surface area contributed by atoms with E-state index in [9.17, 15) is 4.79 Å². The Bertz CT molecular complexity index is 603. The first-order valence-corrected chi connectivity index (χ1v) is 6.87. The molecule has 1 N–H and O–H groups in total. The van der Waals surface area contributed by atoms with Crippen LogP contribution in [0, 0.1) is 0 Å². The highest BCUT2D eigenvalue weighted by Crippen LogP contribution is 2.32. The molecule has 0 saturated carbocycles. The van der Waals surface area contributed by atoms with Crippen LogP contribution in [0.3, 0.4) is 0 Å². The van der Waals surface area contributed by atoms with Gasteiger partial charge in [0.1, 0.15) is 5.69 Å². The van der Waals surface area contributed by atoms with E-state index in [1.54, 1.807) is 30.2 Å². The van der Waals surface area contributed by atoms with Crippen LogP contribution in [0.2, 0.25) is 0 Å².